The van der Waals surface area contributed by atoms with Crippen molar-refractivity contribution in [1.82, 2.24) is 0 Å². The quantitative estimate of drug-likeness (QED) is 0.103. The minimum absolute atomic E-state index is 0.0955. The van der Waals surface area contributed by atoms with E-state index in [9.17, 15) is 0 Å². The van der Waals surface area contributed by atoms with E-state index < -0.39 is 110 Å². The second-order valence-corrected chi connectivity index (χ2v) is 30.7. The number of hydrogen-bond acceptors (Lipinski definition) is 0. The van der Waals surface area contributed by atoms with Crippen LogP contribution in [0.4, 0.5) is 0 Å². The molecular weight excluding hydrogens is 1380 g/mol. The first kappa shape index (κ1) is 50.5. The summed E-state index contributed by atoms with van der Waals surface area (Å²) in [6, 6.07) is 44.2. The van der Waals surface area contributed by atoms with Crippen LogP contribution in [0.3, 0.4) is 0 Å². The first-order valence-electron chi connectivity index (χ1n) is 57.0. The van der Waals surface area contributed by atoms with Crippen molar-refractivity contribution in [3.05, 3.63) is 317 Å². The van der Waals surface area contributed by atoms with E-state index in [1.807, 2.05) is 151 Å². The molecule has 0 radical (unpaired) electrons. The number of rotatable bonds is 13. The molecule has 3 unspecified atom stereocenters. The fourth-order valence-electron chi connectivity index (χ4n) is 14.3. The Hall–Kier alpha value is -9.78. The van der Waals surface area contributed by atoms with Gasteiger partial charge in [-0.1, -0.05) is 174 Å². The second-order valence-electron chi connectivity index (χ2n) is 30.7. The summed E-state index contributed by atoms with van der Waals surface area (Å²) in [6.45, 7) is 10.3. The van der Waals surface area contributed by atoms with Crippen molar-refractivity contribution >= 4 is 0 Å². The van der Waals surface area contributed by atoms with Gasteiger partial charge in [-0.3, -0.25) is 0 Å². The number of nitrogens with zero attached hydrogens (tertiary/aromatic N) is 6. The Morgan fingerprint density at radius 2 is 0.614 bits per heavy atom. The molecule has 600 valence electrons. The number of benzene rings is 6. The molecule has 12 aromatic rings. The van der Waals surface area contributed by atoms with E-state index in [4.69, 9.17) is 52.1 Å². The topological polar surface area (TPSA) is 23.3 Å². The van der Waals surface area contributed by atoms with Crippen LogP contribution in [0.2, 0.25) is 0 Å². The summed E-state index contributed by atoms with van der Waals surface area (Å²) in [7, 11) is 10.9. The number of pyridine rings is 6. The highest BCUT2D eigenvalue weighted by molar-refractivity contribution is 5.69. The molecule has 0 amide bonds. The largest absolute Gasteiger partial charge is 0.215 e. The number of aromatic nitrogens is 6. The van der Waals surface area contributed by atoms with Crippen molar-refractivity contribution in [3.63, 3.8) is 0 Å². The van der Waals surface area contributed by atoms with Gasteiger partial charge in [-0.15, -0.1) is 0 Å². The third kappa shape index (κ3) is 23.5. The molecule has 6 aromatic heterocycles. The molecule has 6 heteroatoms. The van der Waals surface area contributed by atoms with Crippen molar-refractivity contribution in [2.24, 2.45) is 42.3 Å². The van der Waals surface area contributed by atoms with Gasteiger partial charge < -0.3 is 0 Å². The number of aryl methyl sites for hydroxylation is 23. The van der Waals surface area contributed by atoms with Crippen LogP contribution < -0.4 is 27.4 Å². The molecule has 0 bridgehead atoms. The molecule has 0 spiro atoms. The van der Waals surface area contributed by atoms with Crippen LogP contribution in [-0.4, -0.2) is 0 Å². The Labute approximate surface area is 745 Å². The molecule has 0 saturated carbocycles. The Bertz CT molecular complexity index is 6720. The summed E-state index contributed by atoms with van der Waals surface area (Å²) in [5.41, 5.74) is 24.0. The van der Waals surface area contributed by atoms with E-state index in [-0.39, 0.29) is 38.9 Å². The van der Waals surface area contributed by atoms with Gasteiger partial charge in [0.2, 0.25) is 34.2 Å². The SMILES string of the molecule is [2H]C(C)(C)c1ccc(-c2cc(C)c(C([2H])(C)C([2H])([2H])[2H])c[n+]2C)c(C)c1.[2H]C(C)(C)c1ccc(-c2ccc(C([2H])(C)C)c[n+]2C)c(C)c1.[2H]C([2H])([2H])c1cc(C)c(-c2ccc(C([2H])(C)C([2H])([2H])[2H])cc2C)[n+](C)c1.[2H]C([2H])([2H])c1cc(C)c(-c2ccc(C([2H])([2H])C([2H])([2H])[2H])cc2C)[n+](C)c1.[2H]C([2H])([2H])c1ccc(-c2c(C)cc(C([2H])([2H])[2H])c[n+]2C)c(C)c1.[2H]C([2H])([2H])c1ccc(-c2cc(C([2H])(C)C([2H])([2H])[2H])c(C([2H])([2H])[2H])c[n+]2C)c(C)c1. The Kier molecular flexibility index (Phi) is 17.9. The van der Waals surface area contributed by atoms with Crippen molar-refractivity contribution in [3.8, 4) is 67.5 Å². The predicted molar refractivity (Wildman–Crippen MR) is 488 cm³/mol. The van der Waals surface area contributed by atoms with Gasteiger partial charge in [0.25, 0.3) is 0 Å². The molecule has 3 atom stereocenters. The van der Waals surface area contributed by atoms with E-state index in [1.165, 1.54) is 62.4 Å². The van der Waals surface area contributed by atoms with Crippen molar-refractivity contribution in [1.29, 1.82) is 0 Å². The fourth-order valence-corrected chi connectivity index (χ4v) is 14.3. The third-order valence-corrected chi connectivity index (χ3v) is 20.3. The van der Waals surface area contributed by atoms with Gasteiger partial charge in [0.05, 0.1) is 0 Å². The molecule has 0 N–H and O–H groups in total. The average molecular weight is 1560 g/mol. The summed E-state index contributed by atoms with van der Waals surface area (Å²) in [5.74, 6) is -7.33. The molecule has 0 aliphatic rings. The maximum absolute atomic E-state index is 8.44. The lowest BCUT2D eigenvalue weighted by Crippen LogP contribution is -2.32. The van der Waals surface area contributed by atoms with Gasteiger partial charge in [0, 0.05) is 154 Å². The van der Waals surface area contributed by atoms with Crippen LogP contribution in [-0.2, 0) is 48.7 Å². The van der Waals surface area contributed by atoms with E-state index in [2.05, 4.69) is 29.7 Å². The van der Waals surface area contributed by atoms with Crippen LogP contribution in [0.1, 0.15) is 305 Å². The Morgan fingerprint density at radius 3 is 1.00 bits per heavy atom. The zero-order valence-corrected chi connectivity index (χ0v) is 71.6. The third-order valence-electron chi connectivity index (χ3n) is 20.3. The maximum atomic E-state index is 8.44. The summed E-state index contributed by atoms with van der Waals surface area (Å²) in [5, 5.41) is 0. The maximum Gasteiger partial charge on any atom is 0.215 e. The van der Waals surface area contributed by atoms with Crippen LogP contribution in [0, 0.1) is 110 Å². The van der Waals surface area contributed by atoms with Gasteiger partial charge in [-0.05, 0) is 280 Å². The zero-order chi connectivity index (χ0) is 117. The minimum Gasteiger partial charge on any atom is -0.201 e. The van der Waals surface area contributed by atoms with Crippen LogP contribution in [0.5, 0.6) is 0 Å². The summed E-state index contributed by atoms with van der Waals surface area (Å²) in [6.07, 6.45) is 7.43. The van der Waals surface area contributed by atoms with Crippen LogP contribution >= 0.6 is 0 Å². The molecule has 6 nitrogen and oxygen atoms in total. The van der Waals surface area contributed by atoms with Crippen LogP contribution in [0.15, 0.2) is 189 Å². The molecule has 12 rings (SSSR count). The highest BCUT2D eigenvalue weighted by Gasteiger charge is 2.24. The van der Waals surface area contributed by atoms with Crippen molar-refractivity contribution in [2.45, 2.75) is 242 Å². The van der Waals surface area contributed by atoms with Gasteiger partial charge in [0.15, 0.2) is 37.2 Å². The van der Waals surface area contributed by atoms with E-state index >= 15 is 0 Å². The molecule has 0 aliphatic carbocycles. The smallest absolute Gasteiger partial charge is 0.201 e. The van der Waals surface area contributed by atoms with Gasteiger partial charge in [-0.2, -0.15) is 0 Å². The molecule has 0 fully saturated rings. The normalized spacial score (nSPS) is 19.1. The van der Waals surface area contributed by atoms with Gasteiger partial charge in [0.1, 0.15) is 42.3 Å². The molecular formula is C108H144N6+6. The standard InChI is InChI=1S/C20H28N.C19H26N.2C18H24N.C17H22N.C16H20N/c1-13(2)17-8-9-18(15(5)10-17)20-11-16(6)19(14(3)4)12-21(20)7;1-13(2)16-7-9-18(15(5)11-16)19-10-8-17(14(3)4)12-20(19)6;1-12(2)16-7-8-17(14(4)10-16)18-15(5)9-13(3)11-19(18)6;1-12(2)17-10-18(19(6)11-15(17)5)16-8-7-13(3)9-14(16)4;1-6-15-7-8-16(13(3)10-15)17-14(4)9-12(2)11-18(17)5;1-11-6-7-15(13(3)8-11)16-14(4)9-12(2)10-17(16)5/h8-14H,1-7H3;7-14H,1-6H3;2*7-12H,1-6H3;7-11H,6H2,1-5H3;6-10H,1-5H3/q6*+1/i3D3,13D,14D;13D,14D;1D3,3D3,12D;1D3,3D3,5D3,12D;1D3,2D3,6D2;1D3,2D3. The highest BCUT2D eigenvalue weighted by atomic mass is 14.9. The summed E-state index contributed by atoms with van der Waals surface area (Å²) < 4.78 is 304. The van der Waals surface area contributed by atoms with Gasteiger partial charge >= 0.3 is 0 Å². The first-order chi connectivity index (χ1) is 68.3. The monoisotopic (exact) mass is 1560 g/mol. The second kappa shape index (κ2) is 40.5. The lowest BCUT2D eigenvalue weighted by molar-refractivity contribution is -0.661. The molecule has 6 aromatic carbocycles. The zero-order valence-electron chi connectivity index (χ0n) is 110. The molecule has 114 heavy (non-hydrogen) atoms. The summed E-state index contributed by atoms with van der Waals surface area (Å²) >= 11 is 0. The average Bonchev–Trinajstić information content (AvgIpc) is 0.742. The lowest BCUT2D eigenvalue weighted by Gasteiger charge is -2.13. The van der Waals surface area contributed by atoms with Crippen LogP contribution in [0.25, 0.3) is 67.5 Å². The Balaban J connectivity index is 0.000000247. The van der Waals surface area contributed by atoms with Crippen molar-refractivity contribution < 1.29 is 79.5 Å². The van der Waals surface area contributed by atoms with E-state index in [1.54, 1.807) is 158 Å². The fraction of sp³-hybridized carbons (Fsp3) is 0.389. The highest BCUT2D eigenvalue weighted by Crippen LogP contribution is 2.33. The van der Waals surface area contributed by atoms with Gasteiger partial charge in [-0.25, -0.2) is 27.4 Å². The van der Waals surface area contributed by atoms with Crippen molar-refractivity contribution in [2.75, 3.05) is 0 Å². The molecule has 0 saturated heterocycles. The molecule has 0 aliphatic heterocycles. The lowest BCUT2D eigenvalue weighted by atomic mass is 9.94. The molecule has 6 heterocycles. The Morgan fingerprint density at radius 1 is 0.263 bits per heavy atom. The van der Waals surface area contributed by atoms with E-state index in [0.29, 0.717) is 33.5 Å². The minimum atomic E-state index is -2.76. The predicted octanol–water partition coefficient (Wildman–Crippen LogP) is 25.3. The summed E-state index contributed by atoms with van der Waals surface area (Å²) in [4.78, 5) is 0. The first-order valence-corrected chi connectivity index (χ1v) is 38.0. The van der Waals surface area contributed by atoms with E-state index in [0.717, 1.165) is 112 Å². The number of hydrogen-bond donors (Lipinski definition) is 0.